The van der Waals surface area contributed by atoms with Crippen LogP contribution in [0.25, 0.3) is 0 Å². The average molecular weight is 275 g/mol. The van der Waals surface area contributed by atoms with Gasteiger partial charge in [-0.25, -0.2) is 0 Å². The first-order chi connectivity index (χ1) is 7.72. The number of fused-ring (bicyclic) bond motifs is 1. The third kappa shape index (κ3) is 1.32. The zero-order valence-electron chi connectivity index (χ0n) is 7.68. The van der Waals surface area contributed by atoms with Crippen molar-refractivity contribution in [1.29, 1.82) is 0 Å². The molecule has 16 heavy (non-hydrogen) atoms. The topological polar surface area (TPSA) is 43.2 Å². The Kier molecular flexibility index (Phi) is 2.27. The predicted molar refractivity (Wildman–Crippen MR) is 64.6 cm³/mol. The molecule has 0 saturated heterocycles. The average Bonchev–Trinajstić information content (AvgIpc) is 2.66. The minimum Gasteiger partial charge on any atom is -0.437 e. The molecule has 7 heteroatoms. The van der Waals surface area contributed by atoms with Gasteiger partial charge in [0.1, 0.15) is 12.1 Å². The van der Waals surface area contributed by atoms with Crippen molar-refractivity contribution in [2.45, 2.75) is 5.79 Å². The molecule has 1 aromatic rings. The summed E-state index contributed by atoms with van der Waals surface area (Å²) < 4.78 is 18.9. The van der Waals surface area contributed by atoms with E-state index < -0.39 is 5.79 Å². The van der Waals surface area contributed by atoms with Gasteiger partial charge in [0.25, 0.3) is 0 Å². The third-order valence-corrected chi connectivity index (χ3v) is 3.54. The molecule has 0 fully saturated rings. The van der Waals surface area contributed by atoms with Crippen molar-refractivity contribution in [2.24, 2.45) is 8.80 Å². The lowest BCUT2D eigenvalue weighted by atomic mass is 10.3. The van der Waals surface area contributed by atoms with E-state index in [1.54, 1.807) is 12.1 Å². The summed E-state index contributed by atoms with van der Waals surface area (Å²) in [7, 11) is 0. The largest absolute Gasteiger partial charge is 0.437 e. The molecule has 2 aliphatic rings. The molecule has 0 bridgehead atoms. The van der Waals surface area contributed by atoms with Crippen molar-refractivity contribution < 1.29 is 9.47 Å². The van der Waals surface area contributed by atoms with Gasteiger partial charge in [0.2, 0.25) is 10.3 Å². The van der Waals surface area contributed by atoms with Crippen molar-refractivity contribution in [2.75, 3.05) is 0 Å². The third-order valence-electron chi connectivity index (χ3n) is 2.14. The van der Waals surface area contributed by atoms with Gasteiger partial charge in [-0.05, 0) is 12.1 Å². The number of nitrogens with zero attached hydrogens (tertiary/aromatic N) is 2. The molecule has 0 unspecified atom stereocenters. The van der Waals surface area contributed by atoms with E-state index in [9.17, 15) is 0 Å². The molecule has 3 rings (SSSR count). The van der Waals surface area contributed by atoms with E-state index >= 15 is 0 Å². The van der Waals surface area contributed by atoms with Crippen LogP contribution in [0, 0.1) is 0 Å². The van der Waals surface area contributed by atoms with E-state index in [2.05, 4.69) is 8.80 Å². The highest BCUT2D eigenvalue weighted by Crippen LogP contribution is 2.43. The van der Waals surface area contributed by atoms with Crippen LogP contribution in [-0.2, 0) is 0 Å². The molecule has 0 aliphatic carbocycles. The van der Waals surface area contributed by atoms with Gasteiger partial charge in [-0.1, -0.05) is 35.3 Å². The van der Waals surface area contributed by atoms with Gasteiger partial charge in [-0.2, -0.15) is 8.80 Å². The van der Waals surface area contributed by atoms with Crippen molar-refractivity contribution in [3.8, 4) is 11.5 Å². The van der Waals surface area contributed by atoms with Crippen LogP contribution < -0.4 is 9.47 Å². The van der Waals surface area contributed by atoms with Crippen LogP contribution in [0.4, 0.5) is 0 Å². The van der Waals surface area contributed by atoms with Crippen molar-refractivity contribution in [3.63, 3.8) is 0 Å². The van der Waals surface area contributed by atoms with Gasteiger partial charge in [0.05, 0.1) is 0 Å². The first kappa shape index (κ1) is 10.3. The van der Waals surface area contributed by atoms with Crippen molar-refractivity contribution in [1.82, 2.24) is 0 Å². The molecular weight excluding hydrogens is 271 g/mol. The smallest absolute Gasteiger partial charge is 0.364 e. The van der Waals surface area contributed by atoms with Crippen LogP contribution in [0.2, 0.25) is 0 Å². The number of hydrogen-bond donors (Lipinski definition) is 0. The summed E-state index contributed by atoms with van der Waals surface area (Å²) in [6, 6.07) is 7.18. The molecule has 1 spiro atoms. The summed E-state index contributed by atoms with van der Waals surface area (Å²) in [5.41, 5.74) is 0. The quantitative estimate of drug-likeness (QED) is 0.683. The lowest BCUT2D eigenvalue weighted by molar-refractivity contribution is 0.0595. The lowest BCUT2D eigenvalue weighted by Gasteiger charge is -2.25. The second-order valence-corrected chi connectivity index (χ2v) is 4.36. The second kappa shape index (κ2) is 3.55. The summed E-state index contributed by atoms with van der Waals surface area (Å²) >= 11 is 12.9. The number of halogens is 2. The number of benzene rings is 1. The predicted octanol–water partition coefficient (Wildman–Crippen LogP) is 3.01. The fraction of sp³-hybridized carbons (Fsp3) is 0.111. The van der Waals surface area contributed by atoms with Crippen LogP contribution in [0.1, 0.15) is 0 Å². The van der Waals surface area contributed by atoms with Crippen molar-refractivity contribution in [3.05, 3.63) is 24.3 Å². The Labute approximate surface area is 106 Å². The maximum atomic E-state index is 5.98. The molecule has 0 atom stereocenters. The summed E-state index contributed by atoms with van der Waals surface area (Å²) in [5, 5.41) is 0.238. The summed E-state index contributed by atoms with van der Waals surface area (Å²) in [6.07, 6.45) is 0. The standard InChI is InChI=1S/C9H4Cl2N2O2S/c10-7-9(8(11)13-16-12-7)14-5-3-1-2-4-6(5)15-9/h1-4H. The fourth-order valence-corrected chi connectivity index (χ4v) is 2.41. The first-order valence-electron chi connectivity index (χ1n) is 4.33. The molecule has 1 aromatic carbocycles. The van der Waals surface area contributed by atoms with Gasteiger partial charge in [0.15, 0.2) is 11.5 Å². The van der Waals surface area contributed by atoms with Crippen LogP contribution in [0.15, 0.2) is 33.1 Å². The summed E-state index contributed by atoms with van der Waals surface area (Å²) in [6.45, 7) is 0. The normalized spacial score (nSPS) is 20.6. The Morgan fingerprint density at radius 3 is 2.00 bits per heavy atom. The van der Waals surface area contributed by atoms with Gasteiger partial charge in [0, 0.05) is 0 Å². The Bertz CT molecular complexity index is 473. The number of para-hydroxylation sites is 2. The van der Waals surface area contributed by atoms with E-state index in [-0.39, 0.29) is 10.3 Å². The molecule has 0 aromatic heterocycles. The van der Waals surface area contributed by atoms with Gasteiger partial charge >= 0.3 is 5.79 Å². The highest BCUT2D eigenvalue weighted by atomic mass is 35.5. The highest BCUT2D eigenvalue weighted by Gasteiger charge is 2.52. The highest BCUT2D eigenvalue weighted by molar-refractivity contribution is 7.97. The van der Waals surface area contributed by atoms with Crippen LogP contribution in [-0.4, -0.2) is 16.1 Å². The zero-order chi connectivity index (χ0) is 11.2. The Balaban J connectivity index is 2.08. The van der Waals surface area contributed by atoms with Gasteiger partial charge in [-0.15, -0.1) is 0 Å². The molecule has 2 aliphatic heterocycles. The molecule has 0 amide bonds. The van der Waals surface area contributed by atoms with E-state index in [0.29, 0.717) is 11.5 Å². The SMILES string of the molecule is ClC1=NSN=C(Cl)C12Oc1ccccc1O2. The molecule has 0 saturated carbocycles. The number of hydrogen-bond acceptors (Lipinski definition) is 5. The number of ether oxygens (including phenoxy) is 2. The molecular formula is C9H4Cl2N2O2S. The summed E-state index contributed by atoms with van der Waals surface area (Å²) in [4.78, 5) is 0. The summed E-state index contributed by atoms with van der Waals surface area (Å²) in [5.74, 6) is -0.259. The monoisotopic (exact) mass is 274 g/mol. The maximum absolute atomic E-state index is 5.98. The van der Waals surface area contributed by atoms with E-state index in [4.69, 9.17) is 32.7 Å². The Morgan fingerprint density at radius 2 is 1.50 bits per heavy atom. The number of rotatable bonds is 0. The van der Waals surface area contributed by atoms with Gasteiger partial charge < -0.3 is 9.47 Å². The molecule has 82 valence electrons. The van der Waals surface area contributed by atoms with Crippen LogP contribution in [0.5, 0.6) is 11.5 Å². The first-order valence-corrected chi connectivity index (χ1v) is 5.82. The fourth-order valence-electron chi connectivity index (χ4n) is 1.42. The lowest BCUT2D eigenvalue weighted by Crippen LogP contribution is -2.51. The molecule has 0 radical (unpaired) electrons. The van der Waals surface area contributed by atoms with Crippen LogP contribution >= 0.6 is 35.3 Å². The van der Waals surface area contributed by atoms with Crippen molar-refractivity contribution >= 4 is 45.7 Å². The van der Waals surface area contributed by atoms with Crippen LogP contribution in [0.3, 0.4) is 0 Å². The Morgan fingerprint density at radius 1 is 1.00 bits per heavy atom. The molecule has 2 heterocycles. The zero-order valence-corrected chi connectivity index (χ0v) is 10.0. The van der Waals surface area contributed by atoms with Gasteiger partial charge in [-0.3, -0.25) is 0 Å². The Hall–Kier alpha value is -0.910. The molecule has 0 N–H and O–H groups in total. The second-order valence-electron chi connectivity index (χ2n) is 3.11. The van der Waals surface area contributed by atoms with E-state index in [1.807, 2.05) is 12.1 Å². The molecule has 4 nitrogen and oxygen atoms in total. The maximum Gasteiger partial charge on any atom is 0.364 e. The minimum atomic E-state index is -1.39. The minimum absolute atomic E-state index is 0.119. The van der Waals surface area contributed by atoms with E-state index in [1.165, 1.54) is 0 Å². The van der Waals surface area contributed by atoms with E-state index in [0.717, 1.165) is 12.1 Å².